The molecule has 2 aromatic carbocycles. The van der Waals surface area contributed by atoms with E-state index in [4.69, 9.17) is 14.2 Å². The summed E-state index contributed by atoms with van der Waals surface area (Å²) in [5.41, 5.74) is 2.21. The van der Waals surface area contributed by atoms with E-state index in [2.05, 4.69) is 27.4 Å². The van der Waals surface area contributed by atoms with E-state index in [1.54, 1.807) is 0 Å². The van der Waals surface area contributed by atoms with E-state index in [9.17, 15) is 9.59 Å². The lowest BCUT2D eigenvalue weighted by molar-refractivity contribution is 0.0323. The van der Waals surface area contributed by atoms with Gasteiger partial charge in [-0.2, -0.15) is 0 Å². The predicted molar refractivity (Wildman–Crippen MR) is 138 cm³/mol. The minimum absolute atomic E-state index is 0.00693. The summed E-state index contributed by atoms with van der Waals surface area (Å²) in [6.45, 7) is 6.89. The van der Waals surface area contributed by atoms with Crippen LogP contribution >= 0.6 is 0 Å². The third kappa shape index (κ3) is 5.17. The first-order valence-corrected chi connectivity index (χ1v) is 12.3. The molecule has 0 unspecified atom stereocenters. The Morgan fingerprint density at radius 1 is 1.06 bits per heavy atom. The van der Waals surface area contributed by atoms with Crippen LogP contribution in [0.15, 0.2) is 42.5 Å². The number of rotatable bonds is 8. The highest BCUT2D eigenvalue weighted by Gasteiger charge is 2.41. The minimum atomic E-state index is -0.523. The van der Waals surface area contributed by atoms with Gasteiger partial charge in [0.2, 0.25) is 0 Å². The van der Waals surface area contributed by atoms with Crippen LogP contribution in [-0.4, -0.2) is 68.4 Å². The van der Waals surface area contributed by atoms with Crippen molar-refractivity contribution in [3.8, 4) is 5.75 Å². The zero-order valence-corrected chi connectivity index (χ0v) is 20.7. The number of hydrogen-bond donors (Lipinski definition) is 3. The number of fused-ring (bicyclic) bond motifs is 1. The average Bonchev–Trinajstić information content (AvgIpc) is 3.51. The molecule has 3 N–H and O–H groups in total. The largest absolute Gasteiger partial charge is 0.492 e. The molecule has 3 aromatic rings. The second-order valence-electron chi connectivity index (χ2n) is 9.56. The minimum Gasteiger partial charge on any atom is -0.492 e. The van der Waals surface area contributed by atoms with Crippen LogP contribution in [0.1, 0.15) is 35.9 Å². The highest BCUT2D eigenvalue weighted by molar-refractivity contribution is 6.09. The van der Waals surface area contributed by atoms with Crippen LogP contribution in [0, 0.1) is 0 Å². The number of esters is 1. The monoisotopic (exact) mass is 492 g/mol. The van der Waals surface area contributed by atoms with Gasteiger partial charge in [0.05, 0.1) is 31.7 Å². The fraction of sp³-hybridized carbons (Fsp3) is 0.407. The van der Waals surface area contributed by atoms with E-state index in [-0.39, 0.29) is 11.1 Å². The maximum absolute atomic E-state index is 13.0. The van der Waals surface area contributed by atoms with Crippen LogP contribution in [0.5, 0.6) is 5.75 Å². The smallest absolute Gasteiger partial charge is 0.356 e. The lowest BCUT2D eigenvalue weighted by atomic mass is 10.1. The number of H-pyrrole nitrogens is 1. The number of morpholine rings is 1. The molecule has 1 aromatic heterocycles. The molecule has 1 saturated carbocycles. The van der Waals surface area contributed by atoms with Gasteiger partial charge in [0.25, 0.3) is 0 Å². The van der Waals surface area contributed by atoms with Crippen molar-refractivity contribution in [3.63, 3.8) is 0 Å². The molecule has 0 atom stereocenters. The second-order valence-corrected chi connectivity index (χ2v) is 9.56. The number of nitrogens with one attached hydrogen (secondary N) is 3. The Hall–Kier alpha value is -3.56. The van der Waals surface area contributed by atoms with Crippen molar-refractivity contribution in [1.82, 2.24) is 9.88 Å². The number of carbonyl (C=O) groups is 2. The summed E-state index contributed by atoms with van der Waals surface area (Å²) in [5, 5.41) is 7.52. The quantitative estimate of drug-likeness (QED) is 0.404. The molecular weight excluding hydrogens is 460 g/mol. The van der Waals surface area contributed by atoms with Crippen molar-refractivity contribution in [3.05, 3.63) is 53.9 Å². The molecule has 0 spiro atoms. The number of methoxy groups -OCH3 is 1. The molecule has 2 heterocycles. The molecule has 2 fully saturated rings. The zero-order valence-electron chi connectivity index (χ0n) is 20.7. The van der Waals surface area contributed by atoms with Gasteiger partial charge in [0.15, 0.2) is 0 Å². The van der Waals surface area contributed by atoms with Gasteiger partial charge in [0, 0.05) is 41.5 Å². The Morgan fingerprint density at radius 2 is 1.78 bits per heavy atom. The first-order chi connectivity index (χ1) is 17.5. The maximum Gasteiger partial charge on any atom is 0.356 e. The van der Waals surface area contributed by atoms with Crippen molar-refractivity contribution in [1.29, 1.82) is 0 Å². The molecule has 190 valence electrons. The number of aromatic nitrogens is 1. The molecule has 0 bridgehead atoms. The van der Waals surface area contributed by atoms with Gasteiger partial charge in [-0.05, 0) is 31.0 Å². The number of ether oxygens (including phenoxy) is 3. The number of aromatic amines is 1. The number of amides is 2. The van der Waals surface area contributed by atoms with Gasteiger partial charge in [-0.15, -0.1) is 0 Å². The van der Waals surface area contributed by atoms with Gasteiger partial charge >= 0.3 is 12.0 Å². The number of benzene rings is 2. The van der Waals surface area contributed by atoms with Crippen molar-refractivity contribution in [2.75, 3.05) is 57.2 Å². The summed E-state index contributed by atoms with van der Waals surface area (Å²) < 4.78 is 16.4. The van der Waals surface area contributed by atoms with Gasteiger partial charge in [-0.3, -0.25) is 4.90 Å². The van der Waals surface area contributed by atoms with Crippen molar-refractivity contribution in [2.45, 2.75) is 25.2 Å². The molecule has 9 heteroatoms. The van der Waals surface area contributed by atoms with Gasteiger partial charge < -0.3 is 29.8 Å². The molecular formula is C27H32N4O5. The molecule has 1 saturated heterocycles. The number of carbonyl (C=O) groups excluding carboxylic acids is 2. The third-order valence-electron chi connectivity index (χ3n) is 7.01. The molecule has 9 nitrogen and oxygen atoms in total. The standard InChI is InChI=1S/C27H32N4O5/c1-27(9-10-27)23-17-21(24(30-23)25(32)34-2)29-26(33)28-20-7-8-22(19-6-4-3-5-18(19)20)36-16-13-31-11-14-35-15-12-31/h3-8,17,30H,9-16H2,1-2H3,(H2,28,29,33). The molecule has 36 heavy (non-hydrogen) atoms. The number of anilines is 2. The van der Waals surface area contributed by atoms with Crippen molar-refractivity contribution < 1.29 is 23.8 Å². The Morgan fingerprint density at radius 3 is 2.50 bits per heavy atom. The van der Waals surface area contributed by atoms with E-state index >= 15 is 0 Å². The van der Waals surface area contributed by atoms with Gasteiger partial charge in [-0.25, -0.2) is 9.59 Å². The first kappa shape index (κ1) is 24.1. The van der Waals surface area contributed by atoms with Crippen LogP contribution < -0.4 is 15.4 Å². The normalized spacial score (nSPS) is 16.9. The van der Waals surface area contributed by atoms with Gasteiger partial charge in [0.1, 0.15) is 18.1 Å². The predicted octanol–water partition coefficient (Wildman–Crippen LogP) is 4.36. The molecule has 1 aliphatic carbocycles. The Balaban J connectivity index is 1.29. The van der Waals surface area contributed by atoms with Crippen LogP contribution in [0.2, 0.25) is 0 Å². The van der Waals surface area contributed by atoms with E-state index in [0.717, 1.165) is 67.9 Å². The van der Waals surface area contributed by atoms with E-state index in [0.29, 0.717) is 18.0 Å². The van der Waals surface area contributed by atoms with Crippen LogP contribution in [0.3, 0.4) is 0 Å². The van der Waals surface area contributed by atoms with Crippen LogP contribution in [-0.2, 0) is 14.9 Å². The lowest BCUT2D eigenvalue weighted by Gasteiger charge is -2.26. The van der Waals surface area contributed by atoms with Crippen LogP contribution in [0.4, 0.5) is 16.2 Å². The summed E-state index contributed by atoms with van der Waals surface area (Å²) >= 11 is 0. The third-order valence-corrected chi connectivity index (χ3v) is 7.01. The van der Waals surface area contributed by atoms with E-state index < -0.39 is 12.0 Å². The average molecular weight is 493 g/mol. The Bertz CT molecular complexity index is 1260. The second kappa shape index (κ2) is 10.2. The number of hydrogen-bond acceptors (Lipinski definition) is 6. The number of urea groups is 1. The van der Waals surface area contributed by atoms with Crippen molar-refractivity contribution >= 4 is 34.1 Å². The summed E-state index contributed by atoms with van der Waals surface area (Å²) in [6.07, 6.45) is 2.07. The SMILES string of the molecule is COC(=O)c1[nH]c(C2(C)CC2)cc1NC(=O)Nc1ccc(OCCN2CCOCC2)c2ccccc12. The van der Waals surface area contributed by atoms with Crippen molar-refractivity contribution in [2.24, 2.45) is 0 Å². The Kier molecular flexibility index (Phi) is 6.84. The summed E-state index contributed by atoms with van der Waals surface area (Å²) in [4.78, 5) is 30.7. The van der Waals surface area contributed by atoms with E-state index in [1.807, 2.05) is 42.5 Å². The summed E-state index contributed by atoms with van der Waals surface area (Å²) in [5.74, 6) is 0.246. The van der Waals surface area contributed by atoms with Crippen LogP contribution in [0.25, 0.3) is 10.8 Å². The topological polar surface area (TPSA) is 105 Å². The molecule has 2 amide bonds. The van der Waals surface area contributed by atoms with E-state index in [1.165, 1.54) is 7.11 Å². The fourth-order valence-corrected chi connectivity index (χ4v) is 4.49. The molecule has 5 rings (SSSR count). The molecule has 1 aliphatic heterocycles. The lowest BCUT2D eigenvalue weighted by Crippen LogP contribution is -2.38. The Labute approximate surface area is 210 Å². The maximum atomic E-state index is 13.0. The highest BCUT2D eigenvalue weighted by atomic mass is 16.5. The summed E-state index contributed by atoms with van der Waals surface area (Å²) in [6, 6.07) is 12.9. The first-order valence-electron chi connectivity index (χ1n) is 12.3. The molecule has 2 aliphatic rings. The summed E-state index contributed by atoms with van der Waals surface area (Å²) in [7, 11) is 1.32. The van der Waals surface area contributed by atoms with Gasteiger partial charge in [-0.1, -0.05) is 31.2 Å². The zero-order chi connectivity index (χ0) is 25.1. The fourth-order valence-electron chi connectivity index (χ4n) is 4.49. The highest BCUT2D eigenvalue weighted by Crippen LogP contribution is 2.48. The molecule has 0 radical (unpaired) electrons. The number of nitrogens with zero attached hydrogens (tertiary/aromatic N) is 1.